The highest BCUT2D eigenvalue weighted by atomic mass is 32.2. The summed E-state index contributed by atoms with van der Waals surface area (Å²) in [5.41, 5.74) is 2.78. The van der Waals surface area contributed by atoms with Crippen LogP contribution in [0.1, 0.15) is 22.3 Å². The Morgan fingerprint density at radius 3 is 2.62 bits per heavy atom. The number of benzene rings is 1. The van der Waals surface area contributed by atoms with E-state index in [0.29, 0.717) is 25.2 Å². The van der Waals surface area contributed by atoms with Gasteiger partial charge in [-0.3, -0.25) is 4.79 Å². The molecule has 1 aromatic heterocycles. The zero-order chi connectivity index (χ0) is 20.3. The van der Waals surface area contributed by atoms with Crippen molar-refractivity contribution < 1.29 is 13.2 Å². The Morgan fingerprint density at radius 2 is 1.86 bits per heavy atom. The van der Waals surface area contributed by atoms with Gasteiger partial charge in [0.05, 0.1) is 17.1 Å². The van der Waals surface area contributed by atoms with Crippen LogP contribution in [-0.2, 0) is 16.3 Å². The summed E-state index contributed by atoms with van der Waals surface area (Å²) < 4.78 is 22.9. The van der Waals surface area contributed by atoms with E-state index >= 15 is 0 Å². The summed E-state index contributed by atoms with van der Waals surface area (Å²) in [6.45, 7) is 3.57. The molecule has 154 valence electrons. The minimum Gasteiger partial charge on any atom is -0.370 e. The molecule has 0 bridgehead atoms. The molecule has 0 saturated carbocycles. The van der Waals surface area contributed by atoms with Crippen LogP contribution < -0.4 is 10.2 Å². The standard InChI is InChI=1S/C21H26N4O3S/c26-21(25-11-8-17-4-1-2-5-19(17)25)18-6-7-20(23-16-18)22-9-3-10-24-12-14-29(27,28)15-13-24/h1-2,4-7,16H,3,8-15H2,(H,22,23). The van der Waals surface area contributed by atoms with Crippen LogP contribution in [0.3, 0.4) is 0 Å². The van der Waals surface area contributed by atoms with E-state index in [0.717, 1.165) is 37.4 Å². The van der Waals surface area contributed by atoms with Gasteiger partial charge in [0, 0.05) is 38.1 Å². The van der Waals surface area contributed by atoms with Crippen molar-refractivity contribution >= 4 is 27.2 Å². The maximum atomic E-state index is 12.8. The lowest BCUT2D eigenvalue weighted by atomic mass is 10.2. The Kier molecular flexibility index (Phi) is 5.82. The van der Waals surface area contributed by atoms with Crippen molar-refractivity contribution in [1.82, 2.24) is 9.88 Å². The summed E-state index contributed by atoms with van der Waals surface area (Å²) in [4.78, 5) is 21.2. The van der Waals surface area contributed by atoms with Crippen molar-refractivity contribution in [2.45, 2.75) is 12.8 Å². The van der Waals surface area contributed by atoms with E-state index < -0.39 is 9.84 Å². The van der Waals surface area contributed by atoms with Crippen LogP contribution in [0.15, 0.2) is 42.6 Å². The van der Waals surface area contributed by atoms with Crippen LogP contribution in [0, 0.1) is 0 Å². The molecule has 7 nitrogen and oxygen atoms in total. The number of sulfone groups is 1. The Bertz CT molecular complexity index is 962. The summed E-state index contributed by atoms with van der Waals surface area (Å²) in [7, 11) is -2.82. The molecule has 1 fully saturated rings. The molecule has 2 aliphatic rings. The monoisotopic (exact) mass is 414 g/mol. The SMILES string of the molecule is O=C(c1ccc(NCCCN2CCS(=O)(=O)CC2)nc1)N1CCc2ccccc21. The molecule has 1 aromatic carbocycles. The largest absolute Gasteiger partial charge is 0.370 e. The van der Waals surface area contributed by atoms with Crippen LogP contribution in [0.25, 0.3) is 0 Å². The van der Waals surface area contributed by atoms with Gasteiger partial charge in [0.2, 0.25) is 0 Å². The zero-order valence-corrected chi connectivity index (χ0v) is 17.2. The molecule has 2 aromatic rings. The third-order valence-corrected chi connectivity index (χ3v) is 7.15. The molecular weight excluding hydrogens is 388 g/mol. The number of nitrogens with one attached hydrogen (secondary N) is 1. The molecule has 8 heteroatoms. The van der Waals surface area contributed by atoms with Crippen LogP contribution in [0.2, 0.25) is 0 Å². The van der Waals surface area contributed by atoms with Crippen molar-refractivity contribution in [3.05, 3.63) is 53.7 Å². The van der Waals surface area contributed by atoms with E-state index in [1.165, 1.54) is 5.56 Å². The number of carbonyl (C=O) groups excluding carboxylic acids is 1. The van der Waals surface area contributed by atoms with Crippen molar-refractivity contribution in [2.24, 2.45) is 0 Å². The molecule has 2 aliphatic heterocycles. The van der Waals surface area contributed by atoms with E-state index in [9.17, 15) is 13.2 Å². The number of para-hydroxylation sites is 1. The quantitative estimate of drug-likeness (QED) is 0.726. The fraction of sp³-hybridized carbons (Fsp3) is 0.429. The molecule has 4 rings (SSSR count). The average molecular weight is 415 g/mol. The van der Waals surface area contributed by atoms with E-state index in [1.54, 1.807) is 6.20 Å². The molecule has 1 N–H and O–H groups in total. The average Bonchev–Trinajstić information content (AvgIpc) is 3.16. The first-order valence-electron chi connectivity index (χ1n) is 10.0. The fourth-order valence-corrected chi connectivity index (χ4v) is 5.10. The third-order valence-electron chi connectivity index (χ3n) is 5.54. The van der Waals surface area contributed by atoms with Crippen molar-refractivity contribution in [2.75, 3.05) is 54.4 Å². The molecule has 1 amide bonds. The number of carbonyl (C=O) groups is 1. The number of aromatic nitrogens is 1. The highest BCUT2D eigenvalue weighted by Crippen LogP contribution is 2.28. The molecule has 0 radical (unpaired) electrons. The van der Waals surface area contributed by atoms with Gasteiger partial charge in [-0.15, -0.1) is 0 Å². The Labute approximate surface area is 171 Å². The third kappa shape index (κ3) is 4.76. The normalized spacial score (nSPS) is 18.4. The van der Waals surface area contributed by atoms with Crippen molar-refractivity contribution in [1.29, 1.82) is 0 Å². The lowest BCUT2D eigenvalue weighted by Gasteiger charge is -2.26. The second-order valence-electron chi connectivity index (χ2n) is 7.54. The Morgan fingerprint density at radius 1 is 1.07 bits per heavy atom. The molecule has 0 spiro atoms. The van der Waals surface area contributed by atoms with Gasteiger partial charge in [0.1, 0.15) is 5.82 Å². The van der Waals surface area contributed by atoms with Gasteiger partial charge in [-0.25, -0.2) is 13.4 Å². The second-order valence-corrected chi connectivity index (χ2v) is 9.85. The van der Waals surface area contributed by atoms with Gasteiger partial charge >= 0.3 is 0 Å². The Balaban J connectivity index is 1.25. The fourth-order valence-electron chi connectivity index (χ4n) is 3.82. The summed E-state index contributed by atoms with van der Waals surface area (Å²) in [5.74, 6) is 1.25. The van der Waals surface area contributed by atoms with Crippen LogP contribution in [0.4, 0.5) is 11.5 Å². The molecular formula is C21H26N4O3S. The lowest BCUT2D eigenvalue weighted by Crippen LogP contribution is -2.41. The molecule has 0 aliphatic carbocycles. The summed E-state index contributed by atoms with van der Waals surface area (Å²) in [6.07, 6.45) is 3.42. The van der Waals surface area contributed by atoms with Crippen LogP contribution >= 0.6 is 0 Å². The predicted molar refractivity (Wildman–Crippen MR) is 114 cm³/mol. The van der Waals surface area contributed by atoms with Gasteiger partial charge in [-0.2, -0.15) is 0 Å². The van der Waals surface area contributed by atoms with Gasteiger partial charge < -0.3 is 15.1 Å². The lowest BCUT2D eigenvalue weighted by molar-refractivity contribution is 0.0989. The molecule has 0 unspecified atom stereocenters. The van der Waals surface area contributed by atoms with Gasteiger partial charge in [-0.05, 0) is 43.1 Å². The highest BCUT2D eigenvalue weighted by Gasteiger charge is 2.25. The summed E-state index contributed by atoms with van der Waals surface area (Å²) >= 11 is 0. The summed E-state index contributed by atoms with van der Waals surface area (Å²) in [5, 5.41) is 3.27. The van der Waals surface area contributed by atoms with E-state index in [2.05, 4.69) is 21.3 Å². The number of amides is 1. The smallest absolute Gasteiger partial charge is 0.259 e. The topological polar surface area (TPSA) is 82.6 Å². The molecule has 1 saturated heterocycles. The van der Waals surface area contributed by atoms with E-state index in [1.807, 2.05) is 35.2 Å². The first-order chi connectivity index (χ1) is 14.0. The second kappa shape index (κ2) is 8.51. The number of pyridine rings is 1. The summed E-state index contributed by atoms with van der Waals surface area (Å²) in [6, 6.07) is 11.7. The molecule has 3 heterocycles. The van der Waals surface area contributed by atoms with Crippen LogP contribution in [0.5, 0.6) is 0 Å². The van der Waals surface area contributed by atoms with E-state index in [4.69, 9.17) is 0 Å². The number of anilines is 2. The van der Waals surface area contributed by atoms with Gasteiger partial charge in [-0.1, -0.05) is 18.2 Å². The molecule has 29 heavy (non-hydrogen) atoms. The van der Waals surface area contributed by atoms with E-state index in [-0.39, 0.29) is 17.4 Å². The number of hydrogen-bond acceptors (Lipinski definition) is 6. The number of nitrogens with zero attached hydrogens (tertiary/aromatic N) is 3. The van der Waals surface area contributed by atoms with Crippen LogP contribution in [-0.4, -0.2) is 68.4 Å². The maximum absolute atomic E-state index is 12.8. The molecule has 0 atom stereocenters. The number of fused-ring (bicyclic) bond motifs is 1. The van der Waals surface area contributed by atoms with Crippen molar-refractivity contribution in [3.63, 3.8) is 0 Å². The van der Waals surface area contributed by atoms with Crippen molar-refractivity contribution in [3.8, 4) is 0 Å². The minimum absolute atomic E-state index is 0.0194. The van der Waals surface area contributed by atoms with Gasteiger partial charge in [0.25, 0.3) is 5.91 Å². The Hall–Kier alpha value is -2.45. The predicted octanol–water partition coefficient (Wildman–Crippen LogP) is 1.82. The first kappa shape index (κ1) is 19.8. The zero-order valence-electron chi connectivity index (χ0n) is 16.4. The number of rotatable bonds is 6. The minimum atomic E-state index is -2.82. The first-order valence-corrected chi connectivity index (χ1v) is 11.9. The number of hydrogen-bond donors (Lipinski definition) is 1. The maximum Gasteiger partial charge on any atom is 0.259 e. The highest BCUT2D eigenvalue weighted by molar-refractivity contribution is 7.91. The van der Waals surface area contributed by atoms with Gasteiger partial charge in [0.15, 0.2) is 9.84 Å².